The van der Waals surface area contributed by atoms with Crippen molar-refractivity contribution in [2.45, 2.75) is 39.7 Å². The zero-order valence-electron chi connectivity index (χ0n) is 21.4. The molecular formula is C29H29N3O5. The molecule has 8 heteroatoms. The highest BCUT2D eigenvalue weighted by Crippen LogP contribution is 2.43. The molecule has 1 unspecified atom stereocenters. The molecule has 190 valence electrons. The van der Waals surface area contributed by atoms with Crippen LogP contribution in [-0.4, -0.2) is 34.8 Å². The minimum atomic E-state index is -0.926. The first-order valence-electron chi connectivity index (χ1n) is 11.9. The molecule has 8 nitrogen and oxygen atoms in total. The van der Waals surface area contributed by atoms with E-state index in [2.05, 4.69) is 10.3 Å². The molecule has 1 fully saturated rings. The van der Waals surface area contributed by atoms with Crippen LogP contribution in [0.1, 0.15) is 55.0 Å². The second-order valence-corrected chi connectivity index (χ2v) is 9.25. The number of aryl methyl sites for hydroxylation is 1. The molecule has 1 atom stereocenters. The van der Waals surface area contributed by atoms with Crippen molar-refractivity contribution >= 4 is 34.7 Å². The molecule has 1 saturated heterocycles. The zero-order valence-corrected chi connectivity index (χ0v) is 21.4. The summed E-state index contributed by atoms with van der Waals surface area (Å²) in [5.41, 5.74) is 3.41. The molecule has 1 aliphatic heterocycles. The minimum absolute atomic E-state index is 0.0362. The van der Waals surface area contributed by atoms with Crippen LogP contribution < -0.4 is 15.0 Å². The normalized spacial score (nSPS) is 16.8. The lowest BCUT2D eigenvalue weighted by molar-refractivity contribution is -0.132. The number of benzene rings is 2. The number of nitrogens with one attached hydrogen (secondary N) is 1. The first kappa shape index (κ1) is 25.6. The molecule has 2 aromatic carbocycles. The van der Waals surface area contributed by atoms with Crippen LogP contribution in [0.25, 0.3) is 5.76 Å². The summed E-state index contributed by atoms with van der Waals surface area (Å²) < 4.78 is 5.52. The molecule has 4 rings (SSSR count). The van der Waals surface area contributed by atoms with Gasteiger partial charge in [-0.2, -0.15) is 0 Å². The third-order valence-corrected chi connectivity index (χ3v) is 6.34. The van der Waals surface area contributed by atoms with Crippen LogP contribution in [0, 0.1) is 6.92 Å². The summed E-state index contributed by atoms with van der Waals surface area (Å²) >= 11 is 0. The SMILES string of the molecule is COc1cc(C)c(/C(O)=C2\C(=O)C(=O)N(c3cccc(NC(C)=O)c3)C2c2cccnc2)cc1C(C)C. The Hall–Kier alpha value is -4.46. The van der Waals surface area contributed by atoms with Gasteiger partial charge in [-0.05, 0) is 65.9 Å². The third-order valence-electron chi connectivity index (χ3n) is 6.34. The van der Waals surface area contributed by atoms with Crippen molar-refractivity contribution in [3.63, 3.8) is 0 Å². The Morgan fingerprint density at radius 2 is 1.89 bits per heavy atom. The first-order chi connectivity index (χ1) is 17.6. The fourth-order valence-electron chi connectivity index (χ4n) is 4.62. The van der Waals surface area contributed by atoms with E-state index in [0.29, 0.717) is 33.8 Å². The topological polar surface area (TPSA) is 109 Å². The molecule has 1 aromatic heterocycles. The van der Waals surface area contributed by atoms with Gasteiger partial charge in [0.15, 0.2) is 0 Å². The Bertz CT molecular complexity index is 1410. The Balaban J connectivity index is 1.95. The number of carbonyl (C=O) groups excluding carboxylic acids is 3. The lowest BCUT2D eigenvalue weighted by atomic mass is 9.91. The highest BCUT2D eigenvalue weighted by Gasteiger charge is 2.47. The maximum absolute atomic E-state index is 13.5. The molecule has 2 heterocycles. The molecular weight excluding hydrogens is 470 g/mol. The summed E-state index contributed by atoms with van der Waals surface area (Å²) in [7, 11) is 1.59. The van der Waals surface area contributed by atoms with E-state index in [9.17, 15) is 19.5 Å². The van der Waals surface area contributed by atoms with Crippen LogP contribution >= 0.6 is 0 Å². The van der Waals surface area contributed by atoms with E-state index in [4.69, 9.17) is 4.74 Å². The largest absolute Gasteiger partial charge is 0.507 e. The van der Waals surface area contributed by atoms with Gasteiger partial charge in [-0.3, -0.25) is 24.3 Å². The van der Waals surface area contributed by atoms with Crippen LogP contribution in [0.2, 0.25) is 0 Å². The molecule has 2 N–H and O–H groups in total. The van der Waals surface area contributed by atoms with Crippen molar-refractivity contribution in [3.8, 4) is 5.75 Å². The zero-order chi connectivity index (χ0) is 26.9. The molecule has 0 bridgehead atoms. The number of ether oxygens (including phenoxy) is 1. The number of Topliss-reactive ketones (excluding diaryl/α,β-unsaturated/α-hetero) is 1. The Kier molecular flexibility index (Phi) is 7.11. The van der Waals surface area contributed by atoms with Gasteiger partial charge in [-0.15, -0.1) is 0 Å². The van der Waals surface area contributed by atoms with Gasteiger partial charge in [-0.1, -0.05) is 26.0 Å². The number of aromatic nitrogens is 1. The first-order valence-corrected chi connectivity index (χ1v) is 11.9. The van der Waals surface area contributed by atoms with Crippen molar-refractivity contribution in [2.24, 2.45) is 0 Å². The van der Waals surface area contributed by atoms with Gasteiger partial charge in [-0.25, -0.2) is 0 Å². The van der Waals surface area contributed by atoms with Gasteiger partial charge < -0.3 is 15.2 Å². The van der Waals surface area contributed by atoms with Crippen LogP contribution in [0.15, 0.2) is 66.5 Å². The monoisotopic (exact) mass is 499 g/mol. The number of nitrogens with zero attached hydrogens (tertiary/aromatic N) is 2. The number of ketones is 1. The van der Waals surface area contributed by atoms with Crippen molar-refractivity contribution in [1.29, 1.82) is 0 Å². The summed E-state index contributed by atoms with van der Waals surface area (Å²) in [6.45, 7) is 7.21. The minimum Gasteiger partial charge on any atom is -0.507 e. The Morgan fingerprint density at radius 1 is 1.14 bits per heavy atom. The molecule has 2 amide bonds. The van der Waals surface area contributed by atoms with Gasteiger partial charge in [0.1, 0.15) is 11.5 Å². The third kappa shape index (κ3) is 4.82. The van der Waals surface area contributed by atoms with E-state index in [1.165, 1.54) is 11.8 Å². The summed E-state index contributed by atoms with van der Waals surface area (Å²) in [6.07, 6.45) is 3.16. The van der Waals surface area contributed by atoms with E-state index >= 15 is 0 Å². The standard InChI is InChI=1S/C29H29N3O5/c1-16(2)22-14-23(17(3)12-24(22)37-5)27(34)25-26(19-8-7-11-30-15-19)32(29(36)28(25)35)21-10-6-9-20(13-21)31-18(4)33/h6-16,26,34H,1-5H3,(H,31,33)/b27-25+. The molecule has 1 aliphatic rings. The predicted molar refractivity (Wildman–Crippen MR) is 142 cm³/mol. The number of hydrogen-bond acceptors (Lipinski definition) is 6. The van der Waals surface area contributed by atoms with Crippen LogP contribution in [0.5, 0.6) is 5.75 Å². The van der Waals surface area contributed by atoms with Gasteiger partial charge in [0, 0.05) is 36.3 Å². The molecule has 0 spiro atoms. The van der Waals surface area contributed by atoms with Gasteiger partial charge in [0.2, 0.25) is 5.91 Å². The van der Waals surface area contributed by atoms with Crippen molar-refractivity contribution in [2.75, 3.05) is 17.3 Å². The second kappa shape index (κ2) is 10.3. The predicted octanol–water partition coefficient (Wildman–Crippen LogP) is 5.11. The van der Waals surface area contributed by atoms with Crippen LogP contribution in [0.4, 0.5) is 11.4 Å². The lowest BCUT2D eigenvalue weighted by Crippen LogP contribution is -2.29. The molecule has 0 saturated carbocycles. The number of rotatable bonds is 6. The van der Waals surface area contributed by atoms with E-state index in [1.54, 1.807) is 62.0 Å². The highest BCUT2D eigenvalue weighted by atomic mass is 16.5. The summed E-state index contributed by atoms with van der Waals surface area (Å²) in [6, 6.07) is 12.8. The Morgan fingerprint density at radius 3 is 2.51 bits per heavy atom. The average Bonchev–Trinajstić information content (AvgIpc) is 3.13. The number of aliphatic hydroxyl groups excluding tert-OH is 1. The highest BCUT2D eigenvalue weighted by molar-refractivity contribution is 6.51. The number of methoxy groups -OCH3 is 1. The second-order valence-electron chi connectivity index (χ2n) is 9.25. The van der Waals surface area contributed by atoms with E-state index in [0.717, 1.165) is 5.56 Å². The number of pyridine rings is 1. The number of carbonyl (C=O) groups is 3. The molecule has 0 aliphatic carbocycles. The summed E-state index contributed by atoms with van der Waals surface area (Å²) in [4.78, 5) is 44.0. The average molecular weight is 500 g/mol. The summed E-state index contributed by atoms with van der Waals surface area (Å²) in [5, 5.41) is 14.3. The van der Waals surface area contributed by atoms with Crippen LogP contribution in [0.3, 0.4) is 0 Å². The van der Waals surface area contributed by atoms with Crippen LogP contribution in [-0.2, 0) is 14.4 Å². The van der Waals surface area contributed by atoms with E-state index in [-0.39, 0.29) is 23.2 Å². The van der Waals surface area contributed by atoms with E-state index < -0.39 is 17.7 Å². The number of amides is 2. The van der Waals surface area contributed by atoms with Gasteiger partial charge in [0.25, 0.3) is 11.7 Å². The maximum atomic E-state index is 13.5. The molecule has 3 aromatic rings. The van der Waals surface area contributed by atoms with Gasteiger partial charge >= 0.3 is 0 Å². The van der Waals surface area contributed by atoms with Crippen molar-refractivity contribution in [3.05, 3.63) is 88.8 Å². The van der Waals surface area contributed by atoms with Gasteiger partial charge in [0.05, 0.1) is 18.7 Å². The summed E-state index contributed by atoms with van der Waals surface area (Å²) in [5.74, 6) is -1.35. The number of hydrogen-bond donors (Lipinski definition) is 2. The number of aliphatic hydroxyl groups is 1. The fraction of sp³-hybridized carbons (Fsp3) is 0.241. The lowest BCUT2D eigenvalue weighted by Gasteiger charge is -2.26. The molecule has 0 radical (unpaired) electrons. The smallest absolute Gasteiger partial charge is 0.300 e. The van der Waals surface area contributed by atoms with Crippen molar-refractivity contribution < 1.29 is 24.2 Å². The molecule has 37 heavy (non-hydrogen) atoms. The van der Waals surface area contributed by atoms with E-state index in [1.807, 2.05) is 26.8 Å². The quantitative estimate of drug-likeness (QED) is 0.277. The number of anilines is 2. The fourth-order valence-corrected chi connectivity index (χ4v) is 4.62. The maximum Gasteiger partial charge on any atom is 0.300 e. The van der Waals surface area contributed by atoms with Crippen molar-refractivity contribution in [1.82, 2.24) is 4.98 Å². The Labute approximate surface area is 215 Å².